The summed E-state index contributed by atoms with van der Waals surface area (Å²) >= 11 is 0. The van der Waals surface area contributed by atoms with Crippen LogP contribution in [0.5, 0.6) is 0 Å². The van der Waals surface area contributed by atoms with E-state index in [2.05, 4.69) is 9.97 Å². The van der Waals surface area contributed by atoms with Crippen LogP contribution in [0.1, 0.15) is 12.8 Å². The van der Waals surface area contributed by atoms with Gasteiger partial charge in [0.25, 0.3) is 5.56 Å². The van der Waals surface area contributed by atoms with Crippen LogP contribution in [-0.4, -0.2) is 34.8 Å². The number of aliphatic hydroxyl groups excluding tert-OH is 1. The minimum Gasteiger partial charge on any atom is -0.396 e. The number of aliphatic hydroxyl groups is 1. The van der Waals surface area contributed by atoms with Crippen LogP contribution in [0.4, 0.5) is 5.82 Å². The highest BCUT2D eigenvalue weighted by Crippen LogP contribution is 2.18. The Morgan fingerprint density at radius 1 is 1.53 bits per heavy atom. The molecule has 0 amide bonds. The molecule has 2 rings (SSSR count). The van der Waals surface area contributed by atoms with Crippen molar-refractivity contribution in [2.24, 2.45) is 5.92 Å². The number of hydrogen-bond donors (Lipinski definition) is 2. The van der Waals surface area contributed by atoms with Gasteiger partial charge in [0.05, 0.1) is 0 Å². The van der Waals surface area contributed by atoms with Gasteiger partial charge in [0.15, 0.2) is 5.82 Å². The van der Waals surface area contributed by atoms with Crippen molar-refractivity contribution in [1.82, 2.24) is 9.97 Å². The van der Waals surface area contributed by atoms with Crippen LogP contribution < -0.4 is 10.5 Å². The van der Waals surface area contributed by atoms with Crippen molar-refractivity contribution in [3.05, 3.63) is 22.7 Å². The van der Waals surface area contributed by atoms with E-state index in [-0.39, 0.29) is 12.2 Å². The molecular formula is C10H15N3O2. The van der Waals surface area contributed by atoms with E-state index in [1.807, 2.05) is 4.90 Å². The molecule has 15 heavy (non-hydrogen) atoms. The second-order valence-corrected chi connectivity index (χ2v) is 3.85. The van der Waals surface area contributed by atoms with E-state index in [1.165, 1.54) is 6.20 Å². The van der Waals surface area contributed by atoms with Gasteiger partial charge in [0.2, 0.25) is 0 Å². The number of hydrogen-bond acceptors (Lipinski definition) is 4. The van der Waals surface area contributed by atoms with E-state index in [4.69, 9.17) is 5.11 Å². The Morgan fingerprint density at radius 3 is 2.87 bits per heavy atom. The Morgan fingerprint density at radius 2 is 2.27 bits per heavy atom. The molecule has 1 fully saturated rings. The summed E-state index contributed by atoms with van der Waals surface area (Å²) in [6, 6.07) is 0. The number of aromatic amines is 1. The minimum absolute atomic E-state index is 0.139. The van der Waals surface area contributed by atoms with Gasteiger partial charge in [0, 0.05) is 32.1 Å². The quantitative estimate of drug-likeness (QED) is 0.718. The van der Waals surface area contributed by atoms with E-state index in [1.54, 1.807) is 6.20 Å². The Labute approximate surface area is 87.8 Å². The summed E-state index contributed by atoms with van der Waals surface area (Å²) in [6.07, 6.45) is 4.97. The summed E-state index contributed by atoms with van der Waals surface area (Å²) in [7, 11) is 0. The summed E-state index contributed by atoms with van der Waals surface area (Å²) in [6.45, 7) is 1.84. The van der Waals surface area contributed by atoms with Gasteiger partial charge in [-0.25, -0.2) is 4.98 Å². The summed E-state index contributed by atoms with van der Waals surface area (Å²) in [5.74, 6) is 0.873. The van der Waals surface area contributed by atoms with Gasteiger partial charge in [-0.05, 0) is 18.8 Å². The number of H-pyrrole nitrogens is 1. The molecule has 1 saturated heterocycles. The van der Waals surface area contributed by atoms with Crippen LogP contribution in [0.2, 0.25) is 0 Å². The van der Waals surface area contributed by atoms with Gasteiger partial charge >= 0.3 is 0 Å². The minimum atomic E-state index is -0.139. The molecule has 1 aromatic rings. The first-order chi connectivity index (χ1) is 7.31. The molecule has 0 atom stereocenters. The molecule has 2 heterocycles. The second kappa shape index (κ2) is 4.44. The molecule has 2 N–H and O–H groups in total. The zero-order valence-corrected chi connectivity index (χ0v) is 8.52. The number of rotatable bonds is 2. The zero-order valence-electron chi connectivity index (χ0n) is 8.52. The molecule has 0 aromatic carbocycles. The van der Waals surface area contributed by atoms with Crippen molar-refractivity contribution in [3.8, 4) is 0 Å². The molecule has 5 nitrogen and oxygen atoms in total. The third-order valence-corrected chi connectivity index (χ3v) is 2.86. The monoisotopic (exact) mass is 209 g/mol. The summed E-state index contributed by atoms with van der Waals surface area (Å²) in [4.78, 5) is 20.1. The van der Waals surface area contributed by atoms with Crippen LogP contribution in [-0.2, 0) is 0 Å². The highest BCUT2D eigenvalue weighted by molar-refractivity contribution is 5.35. The molecule has 5 heteroatoms. The van der Waals surface area contributed by atoms with Crippen molar-refractivity contribution < 1.29 is 5.11 Å². The first-order valence-electron chi connectivity index (χ1n) is 5.20. The van der Waals surface area contributed by atoms with E-state index < -0.39 is 0 Å². The van der Waals surface area contributed by atoms with Crippen LogP contribution in [0, 0.1) is 5.92 Å². The Bertz CT molecular complexity index is 369. The van der Waals surface area contributed by atoms with E-state index >= 15 is 0 Å². The molecule has 82 valence electrons. The first-order valence-corrected chi connectivity index (χ1v) is 5.20. The topological polar surface area (TPSA) is 69.2 Å². The molecule has 0 saturated carbocycles. The average molecular weight is 209 g/mol. The molecule has 1 aliphatic heterocycles. The number of nitrogens with zero attached hydrogens (tertiary/aromatic N) is 2. The van der Waals surface area contributed by atoms with Gasteiger partial charge in [-0.1, -0.05) is 0 Å². The Kier molecular flexibility index (Phi) is 3.01. The van der Waals surface area contributed by atoms with Gasteiger partial charge < -0.3 is 15.0 Å². The van der Waals surface area contributed by atoms with Crippen molar-refractivity contribution in [2.75, 3.05) is 24.6 Å². The summed E-state index contributed by atoms with van der Waals surface area (Å²) in [5.41, 5.74) is -0.139. The Hall–Kier alpha value is -1.36. The van der Waals surface area contributed by atoms with Crippen LogP contribution in [0.15, 0.2) is 17.2 Å². The fraction of sp³-hybridized carbons (Fsp3) is 0.600. The first kappa shape index (κ1) is 10.2. The predicted octanol–water partition coefficient (Wildman–Crippen LogP) is -0.0214. The largest absolute Gasteiger partial charge is 0.396 e. The molecule has 0 radical (unpaired) electrons. The van der Waals surface area contributed by atoms with Gasteiger partial charge in [-0.15, -0.1) is 0 Å². The lowest BCUT2D eigenvalue weighted by molar-refractivity contribution is 0.202. The lowest BCUT2D eigenvalue weighted by atomic mass is 9.98. The Balaban J connectivity index is 2.08. The standard InChI is InChI=1S/C10H15N3O2/c14-7-8-1-5-13(6-2-8)9-10(15)12-4-3-11-9/h3-4,8,14H,1-2,5-7H2,(H,12,15). The molecule has 1 aromatic heterocycles. The normalized spacial score (nSPS) is 18.1. The maximum absolute atomic E-state index is 11.5. The number of anilines is 1. The lowest BCUT2D eigenvalue weighted by Gasteiger charge is -2.31. The van der Waals surface area contributed by atoms with Crippen LogP contribution in [0.25, 0.3) is 0 Å². The third-order valence-electron chi connectivity index (χ3n) is 2.86. The van der Waals surface area contributed by atoms with Gasteiger partial charge in [0.1, 0.15) is 0 Å². The zero-order chi connectivity index (χ0) is 10.7. The van der Waals surface area contributed by atoms with Gasteiger partial charge in [-0.2, -0.15) is 0 Å². The molecule has 0 unspecified atom stereocenters. The maximum atomic E-state index is 11.5. The molecule has 0 spiro atoms. The predicted molar refractivity (Wildman–Crippen MR) is 56.9 cm³/mol. The van der Waals surface area contributed by atoms with Crippen molar-refractivity contribution in [3.63, 3.8) is 0 Å². The highest BCUT2D eigenvalue weighted by atomic mass is 16.3. The van der Waals surface area contributed by atoms with Crippen molar-refractivity contribution in [2.45, 2.75) is 12.8 Å². The number of nitrogens with one attached hydrogen (secondary N) is 1. The number of aromatic nitrogens is 2. The average Bonchev–Trinajstić information content (AvgIpc) is 2.30. The van der Waals surface area contributed by atoms with Gasteiger partial charge in [-0.3, -0.25) is 4.79 Å². The highest BCUT2D eigenvalue weighted by Gasteiger charge is 2.20. The molecule has 0 aliphatic carbocycles. The van der Waals surface area contributed by atoms with E-state index in [9.17, 15) is 4.79 Å². The van der Waals surface area contributed by atoms with Crippen LogP contribution in [0.3, 0.4) is 0 Å². The van der Waals surface area contributed by atoms with Crippen molar-refractivity contribution in [1.29, 1.82) is 0 Å². The smallest absolute Gasteiger partial charge is 0.290 e. The van der Waals surface area contributed by atoms with E-state index in [0.29, 0.717) is 11.7 Å². The SMILES string of the molecule is O=c1[nH]ccnc1N1CCC(CO)CC1. The maximum Gasteiger partial charge on any atom is 0.290 e. The number of piperidine rings is 1. The fourth-order valence-electron chi connectivity index (χ4n) is 1.90. The second-order valence-electron chi connectivity index (χ2n) is 3.85. The molecular weight excluding hydrogens is 194 g/mol. The summed E-state index contributed by atoms with van der Waals surface area (Å²) in [5, 5.41) is 9.00. The van der Waals surface area contributed by atoms with Crippen molar-refractivity contribution >= 4 is 5.82 Å². The fourth-order valence-corrected chi connectivity index (χ4v) is 1.90. The lowest BCUT2D eigenvalue weighted by Crippen LogP contribution is -2.38. The molecule has 0 bridgehead atoms. The third kappa shape index (κ3) is 2.18. The molecule has 1 aliphatic rings. The van der Waals surface area contributed by atoms with Crippen LogP contribution >= 0.6 is 0 Å². The summed E-state index contributed by atoms with van der Waals surface area (Å²) < 4.78 is 0. The van der Waals surface area contributed by atoms with E-state index in [0.717, 1.165) is 25.9 Å².